The van der Waals surface area contributed by atoms with Gasteiger partial charge in [-0.15, -0.1) is 11.3 Å². The molecule has 1 aromatic heterocycles. The van der Waals surface area contributed by atoms with Gasteiger partial charge in [-0.1, -0.05) is 0 Å². The minimum atomic E-state index is -4.53. The number of rotatable bonds is 4. The van der Waals surface area contributed by atoms with Crippen LogP contribution in [0.1, 0.15) is 14.7 Å². The van der Waals surface area contributed by atoms with Crippen LogP contribution in [0.15, 0.2) is 6.20 Å². The Labute approximate surface area is 93.2 Å². The summed E-state index contributed by atoms with van der Waals surface area (Å²) in [6.45, 7) is -0.0436. The number of nitrogens with zero attached hydrogens (tertiary/aromatic N) is 1. The van der Waals surface area contributed by atoms with Gasteiger partial charge in [0, 0.05) is 13.3 Å². The fraction of sp³-hybridized carbons (Fsp3) is 0.500. The first-order chi connectivity index (χ1) is 7.36. The van der Waals surface area contributed by atoms with Gasteiger partial charge in [0.25, 0.3) is 0 Å². The van der Waals surface area contributed by atoms with Crippen LogP contribution in [0.25, 0.3) is 0 Å². The van der Waals surface area contributed by atoms with Gasteiger partial charge in [0.1, 0.15) is 0 Å². The van der Waals surface area contributed by atoms with Gasteiger partial charge in [0.2, 0.25) is 0 Å². The van der Waals surface area contributed by atoms with Gasteiger partial charge in [-0.2, -0.15) is 13.2 Å². The van der Waals surface area contributed by atoms with E-state index in [4.69, 9.17) is 5.73 Å². The summed E-state index contributed by atoms with van der Waals surface area (Å²) in [6, 6.07) is -0.966. The number of Topliss-reactive ketones (excluding diaryl/α,β-unsaturated/α-hetero) is 1. The lowest BCUT2D eigenvalue weighted by molar-refractivity contribution is -0.137. The largest absolute Gasteiger partial charge is 0.443 e. The predicted octanol–water partition coefficient (Wildman–Crippen LogP) is 1.32. The first kappa shape index (κ1) is 13.1. The number of halogens is 3. The van der Waals surface area contributed by atoms with Crippen molar-refractivity contribution in [3.63, 3.8) is 0 Å². The third kappa shape index (κ3) is 3.00. The summed E-state index contributed by atoms with van der Waals surface area (Å²) in [6.07, 6.45) is -3.65. The van der Waals surface area contributed by atoms with Crippen LogP contribution in [0.2, 0.25) is 0 Å². The summed E-state index contributed by atoms with van der Waals surface area (Å²) in [5.41, 5.74) is 5.40. The summed E-state index contributed by atoms with van der Waals surface area (Å²) in [4.78, 5) is 14.5. The highest BCUT2D eigenvalue weighted by molar-refractivity contribution is 7.13. The lowest BCUT2D eigenvalue weighted by Crippen LogP contribution is -2.34. The molecule has 0 radical (unpaired) electrons. The van der Waals surface area contributed by atoms with Crippen LogP contribution in [-0.2, 0) is 10.9 Å². The van der Waals surface area contributed by atoms with Crippen molar-refractivity contribution in [3.8, 4) is 0 Å². The van der Waals surface area contributed by atoms with Gasteiger partial charge in [-0.05, 0) is 0 Å². The van der Waals surface area contributed by atoms with Crippen molar-refractivity contribution in [2.75, 3.05) is 13.7 Å². The molecule has 0 saturated heterocycles. The molecule has 0 aliphatic heterocycles. The molecule has 2 N–H and O–H groups in total. The predicted molar refractivity (Wildman–Crippen MR) is 51.3 cm³/mol. The molecule has 1 atom stereocenters. The molecule has 0 aromatic carbocycles. The van der Waals surface area contributed by atoms with Crippen LogP contribution in [0.3, 0.4) is 0 Å². The minimum absolute atomic E-state index is 0.0436. The summed E-state index contributed by atoms with van der Waals surface area (Å²) in [7, 11) is 1.35. The summed E-state index contributed by atoms with van der Waals surface area (Å²) < 4.78 is 41.2. The highest BCUT2D eigenvalue weighted by atomic mass is 32.1. The van der Waals surface area contributed by atoms with Crippen molar-refractivity contribution >= 4 is 17.1 Å². The number of carbonyl (C=O) groups is 1. The SMILES string of the molecule is COCC(N)C(=O)c1cnc(C(F)(F)F)s1. The van der Waals surface area contributed by atoms with E-state index in [-0.39, 0.29) is 22.8 Å². The van der Waals surface area contributed by atoms with Gasteiger partial charge in [0.05, 0.1) is 17.5 Å². The number of hydrogen-bond acceptors (Lipinski definition) is 5. The number of alkyl halides is 3. The molecule has 8 heteroatoms. The third-order valence-electron chi connectivity index (χ3n) is 1.67. The molecule has 4 nitrogen and oxygen atoms in total. The maximum atomic E-state index is 12.2. The average Bonchev–Trinajstić information content (AvgIpc) is 2.65. The van der Waals surface area contributed by atoms with Crippen LogP contribution in [0.4, 0.5) is 13.2 Å². The lowest BCUT2D eigenvalue weighted by atomic mass is 10.2. The van der Waals surface area contributed by atoms with Crippen LogP contribution in [-0.4, -0.2) is 30.5 Å². The second-order valence-electron chi connectivity index (χ2n) is 2.95. The molecule has 1 heterocycles. The van der Waals surface area contributed by atoms with Gasteiger partial charge in [-0.25, -0.2) is 4.98 Å². The van der Waals surface area contributed by atoms with Crippen molar-refractivity contribution < 1.29 is 22.7 Å². The second-order valence-corrected chi connectivity index (χ2v) is 3.98. The van der Waals surface area contributed by atoms with Crippen LogP contribution < -0.4 is 5.73 Å². The lowest BCUT2D eigenvalue weighted by Gasteiger charge is -2.06. The molecule has 0 amide bonds. The molecule has 90 valence electrons. The molecule has 0 spiro atoms. The highest BCUT2D eigenvalue weighted by Crippen LogP contribution is 2.32. The van der Waals surface area contributed by atoms with Crippen molar-refractivity contribution in [1.29, 1.82) is 0 Å². The molecule has 1 aromatic rings. The molecular weight excluding hydrogens is 245 g/mol. The monoisotopic (exact) mass is 254 g/mol. The molecule has 0 fully saturated rings. The van der Waals surface area contributed by atoms with Gasteiger partial charge >= 0.3 is 6.18 Å². The molecule has 0 bridgehead atoms. The van der Waals surface area contributed by atoms with Crippen LogP contribution >= 0.6 is 11.3 Å². The normalized spacial score (nSPS) is 13.8. The standard InChI is InChI=1S/C8H9F3N2O2S/c1-15-3-4(12)6(14)5-2-13-7(16-5)8(9,10)11/h2,4H,3,12H2,1H3. The molecule has 0 aliphatic carbocycles. The number of aromatic nitrogens is 1. The Morgan fingerprint density at radius 1 is 1.69 bits per heavy atom. The Hall–Kier alpha value is -0.990. The van der Waals surface area contributed by atoms with Crippen LogP contribution in [0, 0.1) is 0 Å². The quantitative estimate of drug-likeness (QED) is 0.823. The van der Waals surface area contributed by atoms with Crippen LogP contribution in [0.5, 0.6) is 0 Å². The Bertz CT molecular complexity index is 378. The fourth-order valence-electron chi connectivity index (χ4n) is 0.957. The second kappa shape index (κ2) is 4.89. The van der Waals surface area contributed by atoms with Crippen molar-refractivity contribution in [2.45, 2.75) is 12.2 Å². The van der Waals surface area contributed by atoms with E-state index in [9.17, 15) is 18.0 Å². The van der Waals surface area contributed by atoms with E-state index in [0.29, 0.717) is 0 Å². The van der Waals surface area contributed by atoms with E-state index in [1.165, 1.54) is 7.11 Å². The number of ketones is 1. The third-order valence-corrected chi connectivity index (χ3v) is 2.73. The summed E-state index contributed by atoms with van der Waals surface area (Å²) in [5, 5.41) is -1.06. The zero-order valence-electron chi connectivity index (χ0n) is 8.25. The fourth-order valence-corrected chi connectivity index (χ4v) is 1.74. The van der Waals surface area contributed by atoms with E-state index in [1.54, 1.807) is 0 Å². The van der Waals surface area contributed by atoms with E-state index >= 15 is 0 Å². The number of thiazole rings is 1. The van der Waals surface area contributed by atoms with Gasteiger partial charge in [-0.3, -0.25) is 4.79 Å². The average molecular weight is 254 g/mol. The molecule has 0 aliphatic rings. The molecule has 1 unspecified atom stereocenters. The summed E-state index contributed by atoms with van der Waals surface area (Å²) in [5.74, 6) is -0.602. The van der Waals surface area contributed by atoms with Crippen molar-refractivity contribution in [3.05, 3.63) is 16.1 Å². The van der Waals surface area contributed by atoms with E-state index in [0.717, 1.165) is 6.20 Å². The smallest absolute Gasteiger partial charge is 0.383 e. The number of carbonyl (C=O) groups excluding carboxylic acids is 1. The number of methoxy groups -OCH3 is 1. The van der Waals surface area contributed by atoms with E-state index in [2.05, 4.69) is 9.72 Å². The zero-order chi connectivity index (χ0) is 12.3. The van der Waals surface area contributed by atoms with Crippen molar-refractivity contribution in [1.82, 2.24) is 4.98 Å². The number of nitrogens with two attached hydrogens (primary N) is 1. The molecule has 0 saturated carbocycles. The van der Waals surface area contributed by atoms with E-state index < -0.39 is 23.0 Å². The van der Waals surface area contributed by atoms with Crippen molar-refractivity contribution in [2.24, 2.45) is 5.73 Å². The number of ether oxygens (including phenoxy) is 1. The zero-order valence-corrected chi connectivity index (χ0v) is 9.06. The Morgan fingerprint density at radius 3 is 2.75 bits per heavy atom. The molecular formula is C8H9F3N2O2S. The topological polar surface area (TPSA) is 65.2 Å². The minimum Gasteiger partial charge on any atom is -0.383 e. The maximum absolute atomic E-state index is 12.2. The Balaban J connectivity index is 2.82. The first-order valence-corrected chi connectivity index (χ1v) is 4.99. The van der Waals surface area contributed by atoms with Gasteiger partial charge < -0.3 is 10.5 Å². The Morgan fingerprint density at radius 2 is 2.31 bits per heavy atom. The maximum Gasteiger partial charge on any atom is 0.443 e. The Kier molecular flexibility index (Phi) is 4.00. The van der Waals surface area contributed by atoms with E-state index in [1.807, 2.05) is 0 Å². The molecule has 16 heavy (non-hydrogen) atoms. The first-order valence-electron chi connectivity index (χ1n) is 4.18. The summed E-state index contributed by atoms with van der Waals surface area (Å²) >= 11 is 0.281. The molecule has 1 rings (SSSR count). The van der Waals surface area contributed by atoms with Gasteiger partial charge in [0.15, 0.2) is 10.8 Å². The number of hydrogen-bond donors (Lipinski definition) is 1. The highest BCUT2D eigenvalue weighted by Gasteiger charge is 2.35.